The van der Waals surface area contributed by atoms with Crippen LogP contribution in [0.2, 0.25) is 5.15 Å². The van der Waals surface area contributed by atoms with Crippen LogP contribution in [0.3, 0.4) is 0 Å². The molecule has 26 heavy (non-hydrogen) atoms. The molecule has 0 aliphatic rings. The molecule has 0 saturated carbocycles. The molecular formula is C16H13ClN4O3S2. The summed E-state index contributed by atoms with van der Waals surface area (Å²) in [4.78, 5) is 20.4. The van der Waals surface area contributed by atoms with Crippen LogP contribution in [0.1, 0.15) is 10.4 Å². The Kier molecular flexibility index (Phi) is 5.21. The van der Waals surface area contributed by atoms with Crippen LogP contribution in [0.5, 0.6) is 0 Å². The summed E-state index contributed by atoms with van der Waals surface area (Å²) in [5.74, 6) is -0.331. The highest BCUT2D eigenvalue weighted by Crippen LogP contribution is 2.26. The first-order valence-electron chi connectivity index (χ1n) is 7.27. The molecule has 0 saturated heterocycles. The summed E-state index contributed by atoms with van der Waals surface area (Å²) >= 11 is 7.06. The summed E-state index contributed by atoms with van der Waals surface area (Å²) in [5.41, 5.74) is 2.32. The van der Waals surface area contributed by atoms with Crippen LogP contribution >= 0.6 is 22.9 Å². The minimum Gasteiger partial charge on any atom is -0.298 e. The van der Waals surface area contributed by atoms with Gasteiger partial charge in [0.05, 0.1) is 11.9 Å². The topological polar surface area (TPSA) is 101 Å². The van der Waals surface area contributed by atoms with Gasteiger partial charge in [-0.25, -0.2) is 18.4 Å². The van der Waals surface area contributed by atoms with E-state index in [-0.39, 0.29) is 11.1 Å². The van der Waals surface area contributed by atoms with E-state index in [1.54, 1.807) is 35.7 Å². The third-order valence-corrected chi connectivity index (χ3v) is 4.77. The molecule has 0 bridgehead atoms. The van der Waals surface area contributed by atoms with Crippen molar-refractivity contribution >= 4 is 49.7 Å². The normalized spacial score (nSPS) is 11.2. The fourth-order valence-electron chi connectivity index (χ4n) is 2.10. The van der Waals surface area contributed by atoms with E-state index in [1.165, 1.54) is 23.6 Å². The summed E-state index contributed by atoms with van der Waals surface area (Å²) in [6.07, 6.45) is 2.54. The molecule has 134 valence electrons. The molecule has 3 aromatic rings. The van der Waals surface area contributed by atoms with Gasteiger partial charge in [-0.3, -0.25) is 14.8 Å². The zero-order chi connectivity index (χ0) is 18.7. The van der Waals surface area contributed by atoms with Gasteiger partial charge in [0.15, 0.2) is 5.13 Å². The number of aromatic nitrogens is 2. The quantitative estimate of drug-likeness (QED) is 0.629. The molecule has 0 aliphatic heterocycles. The SMILES string of the molecule is CS(=O)(=O)Nc1ccc(-c2csc(NC(=O)c3ccnc(Cl)c3)n2)cc1. The van der Waals surface area contributed by atoms with E-state index < -0.39 is 10.0 Å². The summed E-state index contributed by atoms with van der Waals surface area (Å²) in [5, 5.41) is 5.19. The first kappa shape index (κ1) is 18.3. The molecule has 7 nitrogen and oxygen atoms in total. The van der Waals surface area contributed by atoms with E-state index in [1.807, 2.05) is 0 Å². The van der Waals surface area contributed by atoms with Crippen LogP contribution in [0.25, 0.3) is 11.3 Å². The van der Waals surface area contributed by atoms with Crippen molar-refractivity contribution in [3.8, 4) is 11.3 Å². The second-order valence-electron chi connectivity index (χ2n) is 5.31. The van der Waals surface area contributed by atoms with E-state index in [9.17, 15) is 13.2 Å². The van der Waals surface area contributed by atoms with Crippen LogP contribution in [0.15, 0.2) is 48.0 Å². The third-order valence-electron chi connectivity index (χ3n) is 3.20. The number of nitrogens with one attached hydrogen (secondary N) is 2. The zero-order valence-corrected chi connectivity index (χ0v) is 15.8. The van der Waals surface area contributed by atoms with Crippen molar-refractivity contribution in [1.82, 2.24) is 9.97 Å². The van der Waals surface area contributed by atoms with Gasteiger partial charge in [0.2, 0.25) is 10.0 Å². The summed E-state index contributed by atoms with van der Waals surface area (Å²) in [6, 6.07) is 9.82. The van der Waals surface area contributed by atoms with E-state index in [0.29, 0.717) is 22.1 Å². The van der Waals surface area contributed by atoms with Crippen molar-refractivity contribution in [2.45, 2.75) is 0 Å². The van der Waals surface area contributed by atoms with Gasteiger partial charge in [-0.15, -0.1) is 11.3 Å². The third kappa shape index (κ3) is 4.78. The predicted octanol–water partition coefficient (Wildman–Crippen LogP) is 3.48. The second kappa shape index (κ2) is 7.40. The molecule has 1 amide bonds. The second-order valence-corrected chi connectivity index (χ2v) is 8.30. The van der Waals surface area contributed by atoms with Gasteiger partial charge in [0, 0.05) is 28.4 Å². The maximum atomic E-state index is 12.2. The van der Waals surface area contributed by atoms with Gasteiger partial charge in [-0.2, -0.15) is 0 Å². The van der Waals surface area contributed by atoms with Crippen molar-refractivity contribution < 1.29 is 13.2 Å². The van der Waals surface area contributed by atoms with Gasteiger partial charge in [0.1, 0.15) is 5.15 Å². The summed E-state index contributed by atoms with van der Waals surface area (Å²) < 4.78 is 24.8. The van der Waals surface area contributed by atoms with Crippen LogP contribution in [-0.4, -0.2) is 30.5 Å². The van der Waals surface area contributed by atoms with E-state index in [2.05, 4.69) is 20.0 Å². The Bertz CT molecular complexity index is 1050. The number of benzene rings is 1. The lowest BCUT2D eigenvalue weighted by molar-refractivity contribution is 0.102. The number of hydrogen-bond donors (Lipinski definition) is 2. The monoisotopic (exact) mass is 408 g/mol. The Labute approximate surface area is 159 Å². The largest absolute Gasteiger partial charge is 0.298 e. The number of amides is 1. The molecule has 10 heteroatoms. The van der Waals surface area contributed by atoms with E-state index in [4.69, 9.17) is 11.6 Å². The minimum absolute atomic E-state index is 0.236. The smallest absolute Gasteiger partial charge is 0.257 e. The average molecular weight is 409 g/mol. The maximum absolute atomic E-state index is 12.2. The van der Waals surface area contributed by atoms with Gasteiger partial charge in [0.25, 0.3) is 5.91 Å². The molecule has 0 spiro atoms. The molecule has 2 aromatic heterocycles. The first-order chi connectivity index (χ1) is 12.3. The molecular weight excluding hydrogens is 396 g/mol. The average Bonchev–Trinajstić information content (AvgIpc) is 3.02. The molecule has 0 aliphatic carbocycles. The number of pyridine rings is 1. The maximum Gasteiger partial charge on any atom is 0.257 e. The Morgan fingerprint density at radius 2 is 1.92 bits per heavy atom. The van der Waals surface area contributed by atoms with Gasteiger partial charge in [-0.1, -0.05) is 23.7 Å². The number of sulfonamides is 1. The van der Waals surface area contributed by atoms with Crippen LogP contribution in [-0.2, 0) is 10.0 Å². The van der Waals surface area contributed by atoms with Crippen LogP contribution in [0, 0.1) is 0 Å². The Morgan fingerprint density at radius 3 is 2.58 bits per heavy atom. The molecule has 1 aromatic carbocycles. The highest BCUT2D eigenvalue weighted by atomic mass is 35.5. The van der Waals surface area contributed by atoms with Crippen LogP contribution in [0.4, 0.5) is 10.8 Å². The number of halogens is 1. The summed E-state index contributed by atoms with van der Waals surface area (Å²) in [6.45, 7) is 0. The molecule has 0 atom stereocenters. The molecule has 3 rings (SSSR count). The Hall–Kier alpha value is -2.49. The van der Waals surface area contributed by atoms with Crippen LogP contribution < -0.4 is 10.0 Å². The molecule has 0 radical (unpaired) electrons. The number of thiazole rings is 1. The number of hydrogen-bond acceptors (Lipinski definition) is 6. The lowest BCUT2D eigenvalue weighted by Crippen LogP contribution is -2.11. The summed E-state index contributed by atoms with van der Waals surface area (Å²) in [7, 11) is -3.32. The van der Waals surface area contributed by atoms with Crippen molar-refractivity contribution in [3.05, 3.63) is 58.7 Å². The van der Waals surface area contributed by atoms with Crippen molar-refractivity contribution in [2.75, 3.05) is 16.3 Å². The Balaban J connectivity index is 1.72. The molecule has 2 heterocycles. The molecule has 0 fully saturated rings. The lowest BCUT2D eigenvalue weighted by Gasteiger charge is -2.04. The molecule has 0 unspecified atom stereocenters. The minimum atomic E-state index is -3.32. The number of carbonyl (C=O) groups is 1. The van der Waals surface area contributed by atoms with Crippen molar-refractivity contribution in [3.63, 3.8) is 0 Å². The van der Waals surface area contributed by atoms with E-state index in [0.717, 1.165) is 11.8 Å². The Morgan fingerprint density at radius 1 is 1.19 bits per heavy atom. The number of anilines is 2. The lowest BCUT2D eigenvalue weighted by atomic mass is 10.1. The molecule has 2 N–H and O–H groups in total. The van der Waals surface area contributed by atoms with Gasteiger partial charge in [-0.05, 0) is 24.3 Å². The van der Waals surface area contributed by atoms with Gasteiger partial charge >= 0.3 is 0 Å². The highest BCUT2D eigenvalue weighted by Gasteiger charge is 2.11. The standard InChI is InChI=1S/C16H13ClN4O3S2/c1-26(23,24)21-12-4-2-10(3-5-12)13-9-25-16(19-13)20-15(22)11-6-7-18-14(17)8-11/h2-9,21H,1H3,(H,19,20,22). The fourth-order valence-corrected chi connectivity index (χ4v) is 3.55. The number of nitrogens with zero attached hydrogens (tertiary/aromatic N) is 2. The van der Waals surface area contributed by atoms with Crippen molar-refractivity contribution in [1.29, 1.82) is 0 Å². The number of rotatable bonds is 5. The van der Waals surface area contributed by atoms with E-state index >= 15 is 0 Å². The van der Waals surface area contributed by atoms with Crippen molar-refractivity contribution in [2.24, 2.45) is 0 Å². The highest BCUT2D eigenvalue weighted by molar-refractivity contribution is 7.92. The zero-order valence-electron chi connectivity index (χ0n) is 13.4. The number of carbonyl (C=O) groups excluding carboxylic acids is 1. The fraction of sp³-hybridized carbons (Fsp3) is 0.0625. The first-order valence-corrected chi connectivity index (χ1v) is 10.4. The predicted molar refractivity (Wildman–Crippen MR) is 103 cm³/mol. The van der Waals surface area contributed by atoms with Gasteiger partial charge < -0.3 is 0 Å².